The number of nitrogens with one attached hydrogen (secondary N) is 1. The van der Waals surface area contributed by atoms with Gasteiger partial charge < -0.3 is 4.42 Å². The van der Waals surface area contributed by atoms with Crippen molar-refractivity contribution in [2.45, 2.75) is 27.2 Å². The van der Waals surface area contributed by atoms with Gasteiger partial charge in [0.05, 0.1) is 0 Å². The second-order valence-corrected chi connectivity index (χ2v) is 7.25. The number of benzene rings is 1. The maximum atomic E-state index is 12.4. The Morgan fingerprint density at radius 2 is 2.17 bits per heavy atom. The van der Waals surface area contributed by atoms with Crippen LogP contribution in [0.2, 0.25) is 5.02 Å². The van der Waals surface area contributed by atoms with E-state index in [1.165, 1.54) is 11.3 Å². The maximum absolute atomic E-state index is 12.4. The summed E-state index contributed by atoms with van der Waals surface area (Å²) in [5.74, 6) is 0.429. The van der Waals surface area contributed by atoms with Gasteiger partial charge in [-0.2, -0.15) is 0 Å². The fourth-order valence-corrected chi connectivity index (χ4v) is 3.42. The van der Waals surface area contributed by atoms with Crippen LogP contribution in [0.25, 0.3) is 11.0 Å². The summed E-state index contributed by atoms with van der Waals surface area (Å²) >= 11 is 7.38. The lowest BCUT2D eigenvalue weighted by atomic mass is 10.1. The summed E-state index contributed by atoms with van der Waals surface area (Å²) in [6.45, 7) is 6.06. The van der Waals surface area contributed by atoms with E-state index in [0.717, 1.165) is 22.4 Å². The van der Waals surface area contributed by atoms with Crippen LogP contribution in [0.15, 0.2) is 22.6 Å². The van der Waals surface area contributed by atoms with Crippen molar-refractivity contribution in [2.75, 3.05) is 5.32 Å². The first-order chi connectivity index (χ1) is 10.9. The number of aromatic nitrogens is 2. The second-order valence-electron chi connectivity index (χ2n) is 5.75. The number of rotatable bonds is 4. The van der Waals surface area contributed by atoms with E-state index in [0.29, 0.717) is 21.7 Å². The van der Waals surface area contributed by atoms with E-state index in [9.17, 15) is 4.79 Å². The number of anilines is 1. The Bertz CT molecular complexity index is 869. The van der Waals surface area contributed by atoms with Gasteiger partial charge in [0.2, 0.25) is 5.13 Å². The number of hydrogen-bond acceptors (Lipinski definition) is 5. The molecule has 2 aromatic heterocycles. The van der Waals surface area contributed by atoms with E-state index >= 15 is 0 Å². The highest BCUT2D eigenvalue weighted by molar-refractivity contribution is 7.15. The van der Waals surface area contributed by atoms with E-state index in [1.54, 1.807) is 18.2 Å². The molecule has 7 heteroatoms. The van der Waals surface area contributed by atoms with Crippen LogP contribution < -0.4 is 5.32 Å². The van der Waals surface area contributed by atoms with Crippen molar-refractivity contribution in [1.82, 2.24) is 10.2 Å². The lowest BCUT2D eigenvalue weighted by molar-refractivity contribution is 0.0998. The second kappa shape index (κ2) is 6.29. The Morgan fingerprint density at radius 1 is 1.39 bits per heavy atom. The van der Waals surface area contributed by atoms with Crippen molar-refractivity contribution in [1.29, 1.82) is 0 Å². The van der Waals surface area contributed by atoms with Gasteiger partial charge in [-0.05, 0) is 31.0 Å². The van der Waals surface area contributed by atoms with Crippen LogP contribution in [0.1, 0.15) is 35.0 Å². The highest BCUT2D eigenvalue weighted by Crippen LogP contribution is 2.28. The number of carbonyl (C=O) groups excluding carboxylic acids is 1. The van der Waals surface area contributed by atoms with Crippen LogP contribution in [0.3, 0.4) is 0 Å². The third-order valence-electron chi connectivity index (χ3n) is 3.37. The van der Waals surface area contributed by atoms with Crippen LogP contribution in [0, 0.1) is 12.8 Å². The number of nitrogens with zero attached hydrogens (tertiary/aromatic N) is 2. The number of fused-ring (bicyclic) bond motifs is 1. The average Bonchev–Trinajstić information content (AvgIpc) is 3.03. The molecule has 0 aliphatic carbocycles. The first-order valence-corrected chi connectivity index (χ1v) is 8.46. The van der Waals surface area contributed by atoms with E-state index < -0.39 is 0 Å². The summed E-state index contributed by atoms with van der Waals surface area (Å²) in [6.07, 6.45) is 0.843. The number of amides is 1. The molecule has 120 valence electrons. The molecule has 0 spiro atoms. The molecule has 0 saturated carbocycles. The van der Waals surface area contributed by atoms with Gasteiger partial charge in [-0.1, -0.05) is 36.8 Å². The van der Waals surface area contributed by atoms with Crippen LogP contribution in [-0.4, -0.2) is 16.1 Å². The van der Waals surface area contributed by atoms with E-state index in [2.05, 4.69) is 29.4 Å². The van der Waals surface area contributed by atoms with Crippen molar-refractivity contribution in [3.63, 3.8) is 0 Å². The number of hydrogen-bond donors (Lipinski definition) is 1. The Kier molecular flexibility index (Phi) is 4.37. The molecular formula is C16H16ClN3O2S. The first kappa shape index (κ1) is 16.0. The summed E-state index contributed by atoms with van der Waals surface area (Å²) in [4.78, 5) is 12.4. The topological polar surface area (TPSA) is 68.0 Å². The Morgan fingerprint density at radius 3 is 2.91 bits per heavy atom. The first-order valence-electron chi connectivity index (χ1n) is 7.26. The largest absolute Gasteiger partial charge is 0.451 e. The van der Waals surface area contributed by atoms with Gasteiger partial charge in [-0.3, -0.25) is 10.1 Å². The summed E-state index contributed by atoms with van der Waals surface area (Å²) in [7, 11) is 0. The molecule has 0 aliphatic heterocycles. The number of aryl methyl sites for hydroxylation is 1. The normalized spacial score (nSPS) is 11.3. The average molecular weight is 350 g/mol. The van der Waals surface area contributed by atoms with E-state index in [1.807, 2.05) is 6.92 Å². The summed E-state index contributed by atoms with van der Waals surface area (Å²) in [6, 6.07) is 5.28. The Hall–Kier alpha value is -1.92. The zero-order valence-corrected chi connectivity index (χ0v) is 14.6. The molecule has 23 heavy (non-hydrogen) atoms. The van der Waals surface area contributed by atoms with Gasteiger partial charge in [0.25, 0.3) is 5.91 Å². The summed E-state index contributed by atoms with van der Waals surface area (Å²) in [5, 5.41) is 13.7. The molecule has 0 bridgehead atoms. The molecule has 5 nitrogen and oxygen atoms in total. The highest BCUT2D eigenvalue weighted by Gasteiger charge is 2.19. The summed E-state index contributed by atoms with van der Waals surface area (Å²) in [5.41, 5.74) is 1.39. The van der Waals surface area contributed by atoms with Crippen molar-refractivity contribution < 1.29 is 9.21 Å². The molecule has 0 aliphatic rings. The fraction of sp³-hybridized carbons (Fsp3) is 0.312. The molecule has 0 fully saturated rings. The number of furan rings is 1. The molecular weight excluding hydrogens is 334 g/mol. The van der Waals surface area contributed by atoms with Crippen molar-refractivity contribution in [3.8, 4) is 0 Å². The van der Waals surface area contributed by atoms with Gasteiger partial charge in [0, 0.05) is 22.4 Å². The molecule has 3 aromatic rings. The molecule has 1 aromatic carbocycles. The molecule has 0 radical (unpaired) electrons. The van der Waals surface area contributed by atoms with Gasteiger partial charge in [0.1, 0.15) is 10.6 Å². The number of carbonyl (C=O) groups is 1. The zero-order valence-electron chi connectivity index (χ0n) is 13.0. The lowest BCUT2D eigenvalue weighted by Crippen LogP contribution is -2.11. The predicted octanol–water partition coefficient (Wildman–Crippen LogP) is 4.70. The zero-order chi connectivity index (χ0) is 16.6. The van der Waals surface area contributed by atoms with Crippen LogP contribution in [0.4, 0.5) is 5.13 Å². The Labute approximate surface area is 142 Å². The minimum atomic E-state index is -0.331. The van der Waals surface area contributed by atoms with Crippen LogP contribution in [-0.2, 0) is 6.42 Å². The quantitative estimate of drug-likeness (QED) is 0.741. The van der Waals surface area contributed by atoms with Crippen molar-refractivity contribution in [2.24, 2.45) is 5.92 Å². The molecule has 3 rings (SSSR count). The van der Waals surface area contributed by atoms with Gasteiger partial charge in [-0.25, -0.2) is 0 Å². The van der Waals surface area contributed by atoms with Gasteiger partial charge >= 0.3 is 0 Å². The van der Waals surface area contributed by atoms with Gasteiger partial charge in [-0.15, -0.1) is 10.2 Å². The lowest BCUT2D eigenvalue weighted by Gasteiger charge is -1.99. The van der Waals surface area contributed by atoms with Crippen LogP contribution in [0.5, 0.6) is 0 Å². The summed E-state index contributed by atoms with van der Waals surface area (Å²) < 4.78 is 5.64. The van der Waals surface area contributed by atoms with Crippen molar-refractivity contribution >= 4 is 44.9 Å². The molecule has 2 heterocycles. The monoisotopic (exact) mass is 349 g/mol. The fourth-order valence-electron chi connectivity index (χ4n) is 2.30. The number of halogens is 1. The maximum Gasteiger partial charge on any atom is 0.293 e. The van der Waals surface area contributed by atoms with Crippen LogP contribution >= 0.6 is 22.9 Å². The minimum Gasteiger partial charge on any atom is -0.451 e. The molecule has 0 atom stereocenters. The molecule has 1 amide bonds. The SMILES string of the molecule is Cc1c(C(=O)Nc2nnc(CC(C)C)s2)oc2ccc(Cl)cc12. The third kappa shape index (κ3) is 3.38. The molecule has 0 saturated heterocycles. The highest BCUT2D eigenvalue weighted by atomic mass is 35.5. The standard InChI is InChI=1S/C16H16ClN3O2S/c1-8(2)6-13-19-20-16(23-13)18-15(21)14-9(3)11-7-10(17)4-5-12(11)22-14/h4-5,7-8H,6H2,1-3H3,(H,18,20,21). The third-order valence-corrected chi connectivity index (χ3v) is 4.47. The predicted molar refractivity (Wildman–Crippen MR) is 92.4 cm³/mol. The van der Waals surface area contributed by atoms with E-state index in [-0.39, 0.29) is 11.7 Å². The Balaban J connectivity index is 1.83. The minimum absolute atomic E-state index is 0.267. The molecule has 0 unspecified atom stereocenters. The van der Waals surface area contributed by atoms with E-state index in [4.69, 9.17) is 16.0 Å². The van der Waals surface area contributed by atoms with Crippen molar-refractivity contribution in [3.05, 3.63) is 39.6 Å². The smallest absolute Gasteiger partial charge is 0.293 e. The van der Waals surface area contributed by atoms with Gasteiger partial charge in [0.15, 0.2) is 5.76 Å². The molecule has 1 N–H and O–H groups in total.